The lowest BCUT2D eigenvalue weighted by molar-refractivity contribution is -0.262. The van der Waals surface area contributed by atoms with Gasteiger partial charge in [-0.25, -0.2) is 0 Å². The topological polar surface area (TPSA) is 168 Å². The number of hydrogen-bond acceptors (Lipinski definition) is 9. The molecule has 5 N–H and O–H groups in total. The van der Waals surface area contributed by atoms with Crippen LogP contribution in [0.5, 0.6) is 0 Å². The molecule has 0 amide bonds. The summed E-state index contributed by atoms with van der Waals surface area (Å²) in [6, 6.07) is -0.820. The molecule has 12 atom stereocenters. The minimum Gasteiger partial charge on any atom is -0.481 e. The molecule has 4 aliphatic carbocycles. The minimum atomic E-state index is -1.10. The molecule has 48 heavy (non-hydrogen) atoms. The van der Waals surface area contributed by atoms with Gasteiger partial charge in [0.15, 0.2) is 5.78 Å². The van der Waals surface area contributed by atoms with Gasteiger partial charge in [0.2, 0.25) is 0 Å². The molecule has 4 fully saturated rings. The zero-order chi connectivity index (χ0) is 35.6. The second-order valence-corrected chi connectivity index (χ2v) is 17.3. The Bertz CT molecular complexity index is 1350. The molecule has 10 nitrogen and oxygen atoms in total. The summed E-state index contributed by atoms with van der Waals surface area (Å²) < 4.78 is 18.6. The molecule has 0 aromatic rings. The highest BCUT2D eigenvalue weighted by molar-refractivity contribution is 6.00. The lowest BCUT2D eigenvalue weighted by Crippen LogP contribution is -2.71. The largest absolute Gasteiger partial charge is 0.481 e. The summed E-state index contributed by atoms with van der Waals surface area (Å²) in [6.07, 6.45) is 5.55. The van der Waals surface area contributed by atoms with E-state index in [1.807, 2.05) is 6.92 Å². The predicted octanol–water partition coefficient (Wildman–Crippen LogP) is 5.05. The quantitative estimate of drug-likeness (QED) is 0.211. The highest BCUT2D eigenvalue weighted by atomic mass is 16.6. The van der Waals surface area contributed by atoms with Crippen molar-refractivity contribution in [2.75, 3.05) is 19.8 Å². The van der Waals surface area contributed by atoms with E-state index < -0.39 is 69.2 Å². The molecular weight excluding hydrogens is 612 g/mol. The van der Waals surface area contributed by atoms with E-state index in [4.69, 9.17) is 25.7 Å². The van der Waals surface area contributed by atoms with E-state index >= 15 is 0 Å². The van der Waals surface area contributed by atoms with Gasteiger partial charge in [-0.3, -0.25) is 19.2 Å². The van der Waals surface area contributed by atoms with Crippen molar-refractivity contribution in [3.8, 4) is 0 Å². The molecule has 0 spiro atoms. The first-order valence-corrected chi connectivity index (χ1v) is 18.3. The molecule has 0 radical (unpaired) electrons. The molecule has 10 heteroatoms. The zero-order valence-electron chi connectivity index (χ0n) is 30.4. The monoisotopic (exact) mass is 672 g/mol. The van der Waals surface area contributed by atoms with Gasteiger partial charge in [0.25, 0.3) is 0 Å². The first kappa shape index (κ1) is 37.0. The van der Waals surface area contributed by atoms with Crippen molar-refractivity contribution in [3.63, 3.8) is 0 Å². The number of unbranched alkanes of at least 4 members (excludes halogenated alkanes) is 1. The Balaban J connectivity index is 1.58. The van der Waals surface area contributed by atoms with Crippen LogP contribution in [0, 0.1) is 56.7 Å². The molecule has 1 unspecified atom stereocenters. The maximum absolute atomic E-state index is 14.8. The van der Waals surface area contributed by atoms with Gasteiger partial charge in [-0.1, -0.05) is 60.5 Å². The highest BCUT2D eigenvalue weighted by Gasteiger charge is 2.74. The van der Waals surface area contributed by atoms with E-state index in [-0.39, 0.29) is 29.5 Å². The number of carbonyl (C=O) groups is 4. The molecule has 1 aliphatic heterocycles. The van der Waals surface area contributed by atoms with Crippen LogP contribution in [0.25, 0.3) is 0 Å². The smallest absolute Gasteiger partial charge is 0.323 e. The second kappa shape index (κ2) is 12.8. The minimum absolute atomic E-state index is 0.00910. The SMILES string of the molecule is CC(=O)O[C@@H]1C[C@]23COC[C@@](C)([C@@H]2CC[C@H]2C3=CC(=O)[C@@]3(C)[C@H](C(=O)O)[C@@](C)([C@H](C)C(C)C)CC[C@]23C)[C@H]1OC(=O)C(N)CCCCN. The number of esters is 2. The Morgan fingerprint density at radius 3 is 2.33 bits per heavy atom. The summed E-state index contributed by atoms with van der Waals surface area (Å²) in [5, 5.41) is 10.9. The lowest BCUT2D eigenvalue weighted by atomic mass is 9.34. The number of ketones is 1. The summed E-state index contributed by atoms with van der Waals surface area (Å²) in [5.74, 6) is -2.55. The average molecular weight is 673 g/mol. The van der Waals surface area contributed by atoms with Crippen molar-refractivity contribution < 1.29 is 38.5 Å². The summed E-state index contributed by atoms with van der Waals surface area (Å²) in [7, 11) is 0. The third-order valence-electron chi connectivity index (χ3n) is 14.8. The van der Waals surface area contributed by atoms with E-state index in [1.165, 1.54) is 6.92 Å². The van der Waals surface area contributed by atoms with Gasteiger partial charge in [0, 0.05) is 23.2 Å². The molecule has 1 saturated heterocycles. The molecule has 3 saturated carbocycles. The Morgan fingerprint density at radius 2 is 1.73 bits per heavy atom. The van der Waals surface area contributed by atoms with Crippen molar-refractivity contribution in [1.82, 2.24) is 0 Å². The maximum atomic E-state index is 14.8. The van der Waals surface area contributed by atoms with E-state index in [0.29, 0.717) is 39.0 Å². The fourth-order valence-electron chi connectivity index (χ4n) is 11.7. The number of rotatable bonds is 10. The van der Waals surface area contributed by atoms with Gasteiger partial charge in [-0.15, -0.1) is 0 Å². The third kappa shape index (κ3) is 5.29. The Kier molecular flexibility index (Phi) is 9.85. The first-order valence-electron chi connectivity index (χ1n) is 18.3. The van der Waals surface area contributed by atoms with Crippen LogP contribution in [-0.4, -0.2) is 66.8 Å². The number of carboxylic acid groups (broad SMARTS) is 1. The molecule has 5 aliphatic rings. The molecule has 0 aromatic carbocycles. The van der Waals surface area contributed by atoms with Crippen molar-refractivity contribution in [3.05, 3.63) is 11.6 Å². The lowest BCUT2D eigenvalue weighted by Gasteiger charge is -2.70. The average Bonchev–Trinajstić information content (AvgIpc) is 3.00. The van der Waals surface area contributed by atoms with Crippen molar-refractivity contribution in [2.45, 2.75) is 125 Å². The fourth-order valence-corrected chi connectivity index (χ4v) is 11.7. The van der Waals surface area contributed by atoms with Crippen molar-refractivity contribution in [2.24, 2.45) is 68.1 Å². The number of allylic oxidation sites excluding steroid dienone is 1. The van der Waals surface area contributed by atoms with Gasteiger partial charge in [0.1, 0.15) is 18.2 Å². The third-order valence-corrected chi connectivity index (χ3v) is 14.8. The van der Waals surface area contributed by atoms with Crippen molar-refractivity contribution >= 4 is 23.7 Å². The van der Waals surface area contributed by atoms with Crippen LogP contribution in [0.1, 0.15) is 107 Å². The van der Waals surface area contributed by atoms with Crippen LogP contribution in [0.3, 0.4) is 0 Å². The molecule has 2 bridgehead atoms. The zero-order valence-corrected chi connectivity index (χ0v) is 30.4. The normalized spacial score (nSPS) is 43.2. The van der Waals surface area contributed by atoms with Crippen LogP contribution in [0.4, 0.5) is 0 Å². The van der Waals surface area contributed by atoms with Crippen LogP contribution >= 0.6 is 0 Å². The van der Waals surface area contributed by atoms with Gasteiger partial charge >= 0.3 is 17.9 Å². The predicted molar refractivity (Wildman–Crippen MR) is 180 cm³/mol. The van der Waals surface area contributed by atoms with Crippen LogP contribution in [-0.2, 0) is 33.4 Å². The number of aliphatic carboxylic acids is 1. The van der Waals surface area contributed by atoms with E-state index in [0.717, 1.165) is 37.7 Å². The number of fused-ring (bicyclic) bond motifs is 3. The van der Waals surface area contributed by atoms with E-state index in [2.05, 4.69) is 41.5 Å². The van der Waals surface area contributed by atoms with Crippen molar-refractivity contribution in [1.29, 1.82) is 0 Å². The molecule has 5 rings (SSSR count). The Hall–Kier alpha value is -2.30. The molecular formula is C38H60N2O8. The second-order valence-electron chi connectivity index (χ2n) is 17.3. The van der Waals surface area contributed by atoms with Gasteiger partial charge in [-0.05, 0) is 92.1 Å². The van der Waals surface area contributed by atoms with E-state index in [9.17, 15) is 24.3 Å². The maximum Gasteiger partial charge on any atom is 0.323 e. The molecule has 0 aromatic heterocycles. The number of hydrogen-bond donors (Lipinski definition) is 3. The number of carbonyl (C=O) groups excluding carboxylic acids is 3. The fraction of sp³-hybridized carbons (Fsp3) is 0.842. The number of ether oxygens (including phenoxy) is 3. The highest BCUT2D eigenvalue weighted by Crippen LogP contribution is 2.74. The Labute approximate surface area is 286 Å². The first-order chi connectivity index (χ1) is 22.3. The number of nitrogens with two attached hydrogens (primary N) is 2. The van der Waals surface area contributed by atoms with Crippen LogP contribution < -0.4 is 11.5 Å². The summed E-state index contributed by atoms with van der Waals surface area (Å²) in [5.41, 5.74) is 9.30. The van der Waals surface area contributed by atoms with Gasteiger partial charge < -0.3 is 30.8 Å². The summed E-state index contributed by atoms with van der Waals surface area (Å²) in [6.45, 7) is 17.2. The molecule has 1 heterocycles. The number of carboxylic acids is 1. The molecule has 270 valence electrons. The Morgan fingerprint density at radius 1 is 1.04 bits per heavy atom. The van der Waals surface area contributed by atoms with Gasteiger partial charge in [0.05, 0.1) is 19.1 Å². The summed E-state index contributed by atoms with van der Waals surface area (Å²) >= 11 is 0. The van der Waals surface area contributed by atoms with Gasteiger partial charge in [-0.2, -0.15) is 0 Å². The van der Waals surface area contributed by atoms with E-state index in [1.54, 1.807) is 6.08 Å². The van der Waals surface area contributed by atoms with Crippen LogP contribution in [0.2, 0.25) is 0 Å². The van der Waals surface area contributed by atoms with Crippen LogP contribution in [0.15, 0.2) is 11.6 Å². The summed E-state index contributed by atoms with van der Waals surface area (Å²) in [4.78, 5) is 54.1. The standard InChI is InChI=1S/C38H60N2O8/c1-21(2)22(3)34(5)14-15-36(7)24-12-13-28-35(6)19-46-20-38(28,25(24)17-29(42)37(36,8)30(34)32(43)44)18-27(47-23(4)41)31(35)48-33(45)26(40)11-9-10-16-39/h17,21-22,24,26-28,30-31H,9-16,18-20,39-40H2,1-8H3,(H,43,44)/t22-,24+,26?,27-,28+,30-,31+,34-,35+,36-,37+,38-/m1/s1.